The van der Waals surface area contributed by atoms with E-state index in [0.717, 1.165) is 62.6 Å². The van der Waals surface area contributed by atoms with Crippen molar-refractivity contribution in [3.05, 3.63) is 29.3 Å². The van der Waals surface area contributed by atoms with E-state index in [1.807, 2.05) is 6.07 Å². The molecule has 5 rings (SSSR count). The van der Waals surface area contributed by atoms with Gasteiger partial charge in [0.15, 0.2) is 0 Å². The van der Waals surface area contributed by atoms with Crippen LogP contribution in [0, 0.1) is 0 Å². The Morgan fingerprint density at radius 3 is 2.39 bits per heavy atom. The van der Waals surface area contributed by atoms with Crippen LogP contribution in [0.5, 0.6) is 0 Å². The molecule has 1 unspecified atom stereocenters. The number of nitrogens with zero attached hydrogens (tertiary/aromatic N) is 3. The highest BCUT2D eigenvalue weighted by molar-refractivity contribution is 6.23. The number of fused-ring (bicyclic) bond motifs is 1. The number of benzene rings is 1. The van der Waals surface area contributed by atoms with E-state index in [1.165, 1.54) is 0 Å². The lowest BCUT2D eigenvalue weighted by Gasteiger charge is -2.36. The number of carbonyl (C=O) groups is 4. The maximum atomic E-state index is 13.0. The molecule has 31 heavy (non-hydrogen) atoms. The van der Waals surface area contributed by atoms with Gasteiger partial charge in [-0.05, 0) is 43.9 Å². The van der Waals surface area contributed by atoms with Crippen molar-refractivity contribution in [1.29, 1.82) is 0 Å². The predicted octanol–water partition coefficient (Wildman–Crippen LogP) is 0.0912. The Kier molecular flexibility index (Phi) is 4.82. The molecule has 1 aliphatic carbocycles. The number of amides is 4. The van der Waals surface area contributed by atoms with Crippen molar-refractivity contribution in [3.8, 4) is 0 Å². The highest BCUT2D eigenvalue weighted by Crippen LogP contribution is 2.36. The summed E-state index contributed by atoms with van der Waals surface area (Å²) < 4.78 is 0. The van der Waals surface area contributed by atoms with E-state index in [1.54, 1.807) is 12.1 Å². The normalized spacial score (nSPS) is 25.6. The molecule has 0 spiro atoms. The zero-order chi connectivity index (χ0) is 21.8. The van der Waals surface area contributed by atoms with Gasteiger partial charge in [0.25, 0.3) is 11.8 Å². The number of carbonyl (C=O) groups excluding carboxylic acids is 4. The predicted molar refractivity (Wildman–Crippen MR) is 113 cm³/mol. The molecular formula is C22H27N5O4. The summed E-state index contributed by atoms with van der Waals surface area (Å²) in [5, 5.41) is 2.22. The Bertz CT molecular complexity index is 965. The first-order valence-electron chi connectivity index (χ1n) is 11.0. The average Bonchev–Trinajstić information content (AvgIpc) is 3.45. The van der Waals surface area contributed by atoms with Gasteiger partial charge in [0.05, 0.1) is 11.1 Å². The summed E-state index contributed by atoms with van der Waals surface area (Å²) in [5.41, 5.74) is 7.81. The fourth-order valence-electron chi connectivity index (χ4n) is 4.68. The first kappa shape index (κ1) is 20.1. The molecule has 1 aromatic carbocycles. The monoisotopic (exact) mass is 425 g/mol. The molecule has 4 amide bonds. The van der Waals surface area contributed by atoms with Crippen molar-refractivity contribution in [2.45, 2.75) is 43.7 Å². The van der Waals surface area contributed by atoms with E-state index < -0.39 is 23.8 Å². The number of piperidine rings is 1. The van der Waals surface area contributed by atoms with Gasteiger partial charge < -0.3 is 10.6 Å². The lowest BCUT2D eigenvalue weighted by atomic mass is 10.0. The Hall–Kier alpha value is -2.78. The molecule has 0 bridgehead atoms. The van der Waals surface area contributed by atoms with E-state index in [4.69, 9.17) is 5.73 Å². The van der Waals surface area contributed by atoms with E-state index in [2.05, 4.69) is 15.1 Å². The third-order valence-electron chi connectivity index (χ3n) is 6.98. The van der Waals surface area contributed by atoms with Crippen LogP contribution in [-0.2, 0) is 9.59 Å². The smallest absolute Gasteiger partial charge is 0.262 e. The number of rotatable bonds is 5. The lowest BCUT2D eigenvalue weighted by molar-refractivity contribution is -0.136. The number of piperazine rings is 1. The van der Waals surface area contributed by atoms with Gasteiger partial charge in [0.2, 0.25) is 11.8 Å². The largest absolute Gasteiger partial charge is 0.369 e. The van der Waals surface area contributed by atoms with Gasteiger partial charge >= 0.3 is 0 Å². The average molecular weight is 425 g/mol. The van der Waals surface area contributed by atoms with Crippen molar-refractivity contribution in [3.63, 3.8) is 0 Å². The summed E-state index contributed by atoms with van der Waals surface area (Å²) in [7, 11) is 0. The van der Waals surface area contributed by atoms with Crippen molar-refractivity contribution in [2.75, 3.05) is 37.6 Å². The van der Waals surface area contributed by atoms with Gasteiger partial charge in [-0.1, -0.05) is 0 Å². The minimum atomic E-state index is -0.936. The van der Waals surface area contributed by atoms with E-state index >= 15 is 0 Å². The molecule has 3 N–H and O–H groups in total. The topological polar surface area (TPSA) is 116 Å². The summed E-state index contributed by atoms with van der Waals surface area (Å²) in [5.74, 6) is -1.90. The number of hydrogen-bond acceptors (Lipinski definition) is 7. The number of anilines is 1. The summed E-state index contributed by atoms with van der Waals surface area (Å²) in [6, 6.07) is 4.37. The molecule has 4 aliphatic rings. The van der Waals surface area contributed by atoms with Crippen LogP contribution in [0.25, 0.3) is 0 Å². The highest BCUT2D eigenvalue weighted by Gasteiger charge is 2.45. The van der Waals surface area contributed by atoms with Gasteiger partial charge in [-0.3, -0.25) is 34.3 Å². The zero-order valence-corrected chi connectivity index (χ0v) is 17.4. The maximum absolute atomic E-state index is 13.0. The Labute approximate surface area is 180 Å². The van der Waals surface area contributed by atoms with Gasteiger partial charge in [-0.25, -0.2) is 0 Å². The summed E-state index contributed by atoms with van der Waals surface area (Å²) in [6.07, 6.45) is 3.58. The molecule has 9 nitrogen and oxygen atoms in total. The number of imide groups is 2. The number of nitrogens with two attached hydrogens (primary N) is 1. The van der Waals surface area contributed by atoms with Crippen molar-refractivity contribution >= 4 is 29.3 Å². The molecule has 1 atom stereocenters. The van der Waals surface area contributed by atoms with Crippen LogP contribution < -0.4 is 16.0 Å². The van der Waals surface area contributed by atoms with Crippen LogP contribution in [0.2, 0.25) is 0 Å². The van der Waals surface area contributed by atoms with Crippen LogP contribution in [0.3, 0.4) is 0 Å². The second-order valence-corrected chi connectivity index (χ2v) is 9.12. The summed E-state index contributed by atoms with van der Waals surface area (Å²) in [6.45, 7) is 4.57. The molecule has 1 aromatic rings. The van der Waals surface area contributed by atoms with Crippen LogP contribution in [0.1, 0.15) is 52.8 Å². The van der Waals surface area contributed by atoms with Crippen molar-refractivity contribution in [2.24, 2.45) is 5.73 Å². The minimum Gasteiger partial charge on any atom is -0.369 e. The van der Waals surface area contributed by atoms with Crippen LogP contribution >= 0.6 is 0 Å². The second-order valence-electron chi connectivity index (χ2n) is 9.12. The Morgan fingerprint density at radius 1 is 1.00 bits per heavy atom. The fraction of sp³-hybridized carbons (Fsp3) is 0.545. The van der Waals surface area contributed by atoms with E-state index in [9.17, 15) is 19.2 Å². The van der Waals surface area contributed by atoms with E-state index in [-0.39, 0.29) is 24.3 Å². The Balaban J connectivity index is 1.26. The molecule has 164 valence electrons. The van der Waals surface area contributed by atoms with Crippen LogP contribution in [0.4, 0.5) is 5.69 Å². The Morgan fingerprint density at radius 2 is 1.71 bits per heavy atom. The maximum Gasteiger partial charge on any atom is 0.262 e. The van der Waals surface area contributed by atoms with Crippen molar-refractivity contribution in [1.82, 2.24) is 15.1 Å². The summed E-state index contributed by atoms with van der Waals surface area (Å²) in [4.78, 5) is 55.1. The van der Waals surface area contributed by atoms with E-state index in [0.29, 0.717) is 11.1 Å². The first-order chi connectivity index (χ1) is 14.8. The standard InChI is InChI=1S/C22H27N5O4/c23-22(5-6-22)7-8-25-9-11-26(12-10-25)14-1-2-15-16(13-14)21(31)27(20(15)30)17-3-4-18(28)24-19(17)29/h1-2,13,17H,3-12,23H2,(H,24,28,29). The van der Waals surface area contributed by atoms with Crippen LogP contribution in [0.15, 0.2) is 18.2 Å². The quantitative estimate of drug-likeness (QED) is 0.643. The molecule has 3 heterocycles. The van der Waals surface area contributed by atoms with Gasteiger partial charge in [-0.2, -0.15) is 0 Å². The molecule has 0 radical (unpaired) electrons. The van der Waals surface area contributed by atoms with Crippen LogP contribution in [-0.4, -0.2) is 77.7 Å². The molecule has 2 saturated heterocycles. The highest BCUT2D eigenvalue weighted by atomic mass is 16.2. The SMILES string of the molecule is NC1(CCN2CCN(c3ccc4c(c3)C(=O)N(C3CCC(=O)NC3=O)C4=O)CC2)CC1. The number of nitrogens with one attached hydrogen (secondary N) is 1. The van der Waals surface area contributed by atoms with Gasteiger partial charge in [0.1, 0.15) is 6.04 Å². The van der Waals surface area contributed by atoms with Crippen molar-refractivity contribution < 1.29 is 19.2 Å². The first-order valence-corrected chi connectivity index (χ1v) is 11.0. The summed E-state index contributed by atoms with van der Waals surface area (Å²) >= 11 is 0. The lowest BCUT2D eigenvalue weighted by Crippen LogP contribution is -2.54. The zero-order valence-electron chi connectivity index (χ0n) is 17.4. The molecule has 3 aliphatic heterocycles. The minimum absolute atomic E-state index is 0.0679. The molecular weight excluding hydrogens is 398 g/mol. The number of hydrogen-bond donors (Lipinski definition) is 2. The second kappa shape index (κ2) is 7.42. The third kappa shape index (κ3) is 3.72. The third-order valence-corrected chi connectivity index (χ3v) is 6.98. The van der Waals surface area contributed by atoms with Gasteiger partial charge in [0, 0.05) is 50.4 Å². The molecule has 9 heteroatoms. The van der Waals surface area contributed by atoms with Gasteiger partial charge in [-0.15, -0.1) is 0 Å². The molecule has 3 fully saturated rings. The molecule has 0 aromatic heterocycles. The molecule has 1 saturated carbocycles. The fourth-order valence-corrected chi connectivity index (χ4v) is 4.68.